The van der Waals surface area contributed by atoms with Crippen molar-refractivity contribution in [3.63, 3.8) is 0 Å². The van der Waals surface area contributed by atoms with Crippen LogP contribution in [-0.4, -0.2) is 19.9 Å². The Morgan fingerprint density at radius 3 is 2.72 bits per heavy atom. The number of aromatic nitrogens is 3. The van der Waals surface area contributed by atoms with Crippen molar-refractivity contribution < 1.29 is 5.21 Å². The third-order valence-corrected chi connectivity index (χ3v) is 3.15. The summed E-state index contributed by atoms with van der Waals surface area (Å²) in [5.41, 5.74) is 3.29. The van der Waals surface area contributed by atoms with Gasteiger partial charge in [-0.1, -0.05) is 36.4 Å². The monoisotopic (exact) mass is 235 g/mol. The fourth-order valence-electron chi connectivity index (χ4n) is 2.17. The lowest BCUT2D eigenvalue weighted by molar-refractivity contribution is 0.198. The van der Waals surface area contributed by atoms with E-state index < -0.39 is 0 Å². The Morgan fingerprint density at radius 1 is 1.11 bits per heavy atom. The first-order valence-electron chi connectivity index (χ1n) is 5.69. The first-order chi connectivity index (χ1) is 8.83. The number of fused-ring (bicyclic) bond motifs is 3. The van der Waals surface area contributed by atoms with Crippen LogP contribution in [0.5, 0.6) is 0 Å². The maximum Gasteiger partial charge on any atom is 0.160 e. The lowest BCUT2D eigenvalue weighted by atomic mass is 10.1. The van der Waals surface area contributed by atoms with Crippen LogP contribution in [0.25, 0.3) is 27.9 Å². The predicted octanol–water partition coefficient (Wildman–Crippen LogP) is 2.73. The molecule has 4 nitrogen and oxygen atoms in total. The van der Waals surface area contributed by atoms with Crippen molar-refractivity contribution in [3.05, 3.63) is 54.5 Å². The van der Waals surface area contributed by atoms with Gasteiger partial charge in [0.15, 0.2) is 5.82 Å². The Labute approximate surface area is 103 Å². The molecule has 0 unspecified atom stereocenters. The van der Waals surface area contributed by atoms with Crippen LogP contribution in [-0.2, 0) is 0 Å². The molecular formula is C14H9N3O. The van der Waals surface area contributed by atoms with Crippen LogP contribution in [0.3, 0.4) is 0 Å². The molecule has 0 bridgehead atoms. The van der Waals surface area contributed by atoms with Gasteiger partial charge in [0.25, 0.3) is 0 Å². The van der Waals surface area contributed by atoms with Crippen LogP contribution >= 0.6 is 0 Å². The molecule has 0 atom stereocenters. The van der Waals surface area contributed by atoms with Crippen LogP contribution in [0, 0.1) is 0 Å². The number of hydrogen-bond donors (Lipinski definition) is 1. The van der Waals surface area contributed by atoms with Crippen LogP contribution in [0.1, 0.15) is 5.82 Å². The van der Waals surface area contributed by atoms with E-state index >= 15 is 0 Å². The molecule has 1 aromatic carbocycles. The van der Waals surface area contributed by atoms with Crippen LogP contribution in [0.15, 0.2) is 48.7 Å². The zero-order valence-corrected chi connectivity index (χ0v) is 9.41. The van der Waals surface area contributed by atoms with Gasteiger partial charge < -0.3 is 5.21 Å². The summed E-state index contributed by atoms with van der Waals surface area (Å²) in [7, 11) is 0. The Hall–Kier alpha value is -2.62. The number of rotatable bonds is 1. The van der Waals surface area contributed by atoms with E-state index in [4.69, 9.17) is 0 Å². The zero-order chi connectivity index (χ0) is 12.1. The van der Waals surface area contributed by atoms with Crippen molar-refractivity contribution in [1.29, 1.82) is 0 Å². The summed E-state index contributed by atoms with van der Waals surface area (Å²) in [6.45, 7) is 0. The third kappa shape index (κ3) is 1.14. The number of hydrogen-bond acceptors (Lipinski definition) is 3. The van der Waals surface area contributed by atoms with E-state index in [2.05, 4.69) is 9.97 Å². The maximum absolute atomic E-state index is 9.91. The summed E-state index contributed by atoms with van der Waals surface area (Å²) in [6, 6.07) is 7.60. The molecular weight excluding hydrogens is 226 g/mol. The second-order valence-electron chi connectivity index (χ2n) is 4.25. The van der Waals surface area contributed by atoms with E-state index in [0.29, 0.717) is 11.5 Å². The lowest BCUT2D eigenvalue weighted by Gasteiger charge is -2.06. The molecule has 4 heteroatoms. The number of pyridine rings is 1. The minimum absolute atomic E-state index is 0.701. The molecule has 0 radical (unpaired) electrons. The zero-order valence-electron chi connectivity index (χ0n) is 9.41. The molecule has 2 heterocycles. The summed E-state index contributed by atoms with van der Waals surface area (Å²) in [5.74, 6) is 0.712. The Balaban J connectivity index is 2.09. The van der Waals surface area contributed by atoms with Crippen LogP contribution in [0.4, 0.5) is 0 Å². The SMILES string of the molecule is On1cc2nc(C3=CC=C3)nc-2c2ccccc21. The number of allylic oxidation sites excluding steroid dienone is 4. The molecule has 0 saturated heterocycles. The van der Waals surface area contributed by atoms with Gasteiger partial charge in [-0.25, -0.2) is 9.97 Å². The smallest absolute Gasteiger partial charge is 0.160 e. The highest BCUT2D eigenvalue weighted by Crippen LogP contribution is 2.31. The van der Waals surface area contributed by atoms with Gasteiger partial charge in [0.2, 0.25) is 0 Å². The summed E-state index contributed by atoms with van der Waals surface area (Å²) in [5, 5.41) is 10.8. The van der Waals surface area contributed by atoms with Crippen LogP contribution in [0.2, 0.25) is 0 Å². The Morgan fingerprint density at radius 2 is 1.94 bits per heavy atom. The number of benzene rings is 1. The summed E-state index contributed by atoms with van der Waals surface area (Å²) in [6.07, 6.45) is 7.50. The molecule has 1 aliphatic carbocycles. The first-order valence-corrected chi connectivity index (χ1v) is 5.69. The number of imidazole rings is 1. The summed E-state index contributed by atoms with van der Waals surface area (Å²) in [4.78, 5) is 8.98. The van der Waals surface area contributed by atoms with E-state index in [1.807, 2.05) is 42.5 Å². The van der Waals surface area contributed by atoms with E-state index in [0.717, 1.165) is 26.9 Å². The minimum atomic E-state index is 0.701. The maximum atomic E-state index is 9.91. The molecule has 1 N–H and O–H groups in total. The largest absolute Gasteiger partial charge is 0.428 e. The molecule has 0 spiro atoms. The minimum Gasteiger partial charge on any atom is -0.428 e. The van der Waals surface area contributed by atoms with Crippen molar-refractivity contribution >= 4 is 16.5 Å². The van der Waals surface area contributed by atoms with Gasteiger partial charge in [0.1, 0.15) is 11.4 Å². The van der Waals surface area contributed by atoms with Gasteiger partial charge >= 0.3 is 0 Å². The predicted molar refractivity (Wildman–Crippen MR) is 68.5 cm³/mol. The number of nitrogens with zero attached hydrogens (tertiary/aromatic N) is 3. The van der Waals surface area contributed by atoms with Gasteiger partial charge in [-0.3, -0.25) is 0 Å². The first kappa shape index (κ1) is 9.41. The highest BCUT2D eigenvalue weighted by Gasteiger charge is 2.18. The van der Waals surface area contributed by atoms with Crippen molar-refractivity contribution in [1.82, 2.24) is 14.7 Å². The fourth-order valence-corrected chi connectivity index (χ4v) is 2.17. The van der Waals surface area contributed by atoms with Crippen molar-refractivity contribution in [2.24, 2.45) is 0 Å². The van der Waals surface area contributed by atoms with E-state index in [9.17, 15) is 5.21 Å². The molecule has 3 aliphatic rings. The van der Waals surface area contributed by atoms with Crippen molar-refractivity contribution in [2.75, 3.05) is 0 Å². The molecule has 4 rings (SSSR count). The third-order valence-electron chi connectivity index (χ3n) is 3.15. The standard InChI is InChI=1S/C14H9N3O/c18-17-8-11-13(10-6-1-2-7-12(10)17)16-14(15-11)9-4-3-5-9/h1-8,18H. The summed E-state index contributed by atoms with van der Waals surface area (Å²) >= 11 is 0. The molecule has 0 amide bonds. The molecule has 0 fully saturated rings. The fraction of sp³-hybridized carbons (Fsp3) is 0. The Kier molecular flexibility index (Phi) is 1.67. The van der Waals surface area contributed by atoms with Gasteiger partial charge in [-0.15, -0.1) is 0 Å². The van der Waals surface area contributed by atoms with Crippen LogP contribution < -0.4 is 0 Å². The lowest BCUT2D eigenvalue weighted by Crippen LogP contribution is -1.97. The van der Waals surface area contributed by atoms with E-state index in [1.54, 1.807) is 6.20 Å². The van der Waals surface area contributed by atoms with Gasteiger partial charge in [0.05, 0.1) is 11.7 Å². The van der Waals surface area contributed by atoms with Gasteiger partial charge in [0, 0.05) is 11.0 Å². The molecule has 2 aliphatic heterocycles. The highest BCUT2D eigenvalue weighted by atomic mass is 16.5. The average Bonchev–Trinajstić information content (AvgIpc) is 2.70. The second-order valence-corrected chi connectivity index (χ2v) is 4.25. The van der Waals surface area contributed by atoms with E-state index in [-0.39, 0.29) is 0 Å². The van der Waals surface area contributed by atoms with E-state index in [1.165, 1.54) is 0 Å². The molecule has 1 aromatic rings. The molecule has 0 saturated carbocycles. The average molecular weight is 235 g/mol. The topological polar surface area (TPSA) is 50.9 Å². The number of para-hydroxylation sites is 1. The second kappa shape index (κ2) is 3.20. The highest BCUT2D eigenvalue weighted by molar-refractivity contribution is 5.94. The van der Waals surface area contributed by atoms with Gasteiger partial charge in [-0.2, -0.15) is 4.73 Å². The van der Waals surface area contributed by atoms with Crippen molar-refractivity contribution in [2.45, 2.75) is 0 Å². The quantitative estimate of drug-likeness (QED) is 0.660. The Bertz CT molecular complexity index is 798. The normalized spacial score (nSPS) is 13.9. The summed E-state index contributed by atoms with van der Waals surface area (Å²) < 4.78 is 1.10. The van der Waals surface area contributed by atoms with Gasteiger partial charge in [-0.05, 0) is 6.07 Å². The van der Waals surface area contributed by atoms with Crippen molar-refractivity contribution in [3.8, 4) is 11.4 Å². The molecule has 18 heavy (non-hydrogen) atoms. The molecule has 86 valence electrons. The molecule has 0 aromatic heterocycles.